The molecule has 1 heterocycles. The van der Waals surface area contributed by atoms with E-state index < -0.39 is 23.9 Å². The molecule has 3 rings (SSSR count). The minimum atomic E-state index is -1.23. The lowest BCUT2D eigenvalue weighted by atomic mass is 9.96. The van der Waals surface area contributed by atoms with Crippen LogP contribution in [0.15, 0.2) is 42.5 Å². The van der Waals surface area contributed by atoms with Crippen LogP contribution in [0.25, 0.3) is 0 Å². The Morgan fingerprint density at radius 1 is 1.06 bits per heavy atom. The van der Waals surface area contributed by atoms with Crippen molar-refractivity contribution in [1.82, 2.24) is 5.32 Å². The van der Waals surface area contributed by atoms with E-state index in [4.69, 9.17) is 38.4 Å². The fraction of sp³-hybridized carbons (Fsp3) is 0.400. The van der Waals surface area contributed by atoms with E-state index in [1.807, 2.05) is 6.07 Å². The molecular formula is C25H34ClN3O6. The molecule has 0 amide bonds. The number of rotatable bonds is 7. The van der Waals surface area contributed by atoms with Crippen molar-refractivity contribution >= 4 is 29.5 Å². The maximum Gasteiger partial charge on any atom is 0.336 e. The molecule has 2 atom stereocenters. The number of aromatic carboxylic acids is 2. The van der Waals surface area contributed by atoms with E-state index in [0.717, 1.165) is 37.4 Å². The number of carboxylic acid groups (broad SMARTS) is 3. The van der Waals surface area contributed by atoms with Crippen molar-refractivity contribution in [1.29, 1.82) is 0 Å². The third kappa shape index (κ3) is 10.9. The van der Waals surface area contributed by atoms with Crippen molar-refractivity contribution in [3.8, 4) is 0 Å². The fourth-order valence-electron chi connectivity index (χ4n) is 3.39. The highest BCUT2D eigenvalue weighted by molar-refractivity contribution is 6.30. The summed E-state index contributed by atoms with van der Waals surface area (Å²) in [5, 5.41) is 29.7. The van der Waals surface area contributed by atoms with E-state index in [2.05, 4.69) is 24.4 Å². The lowest BCUT2D eigenvalue weighted by molar-refractivity contribution is -0.138. The third-order valence-electron chi connectivity index (χ3n) is 5.33. The highest BCUT2D eigenvalue weighted by Crippen LogP contribution is 2.25. The number of unbranched alkanes of at least 4 members (excludes halogenated alkanes) is 1. The van der Waals surface area contributed by atoms with Gasteiger partial charge in [0.2, 0.25) is 0 Å². The molecule has 0 aliphatic carbocycles. The minimum absolute atomic E-state index is 0.190. The first-order valence-electron chi connectivity index (χ1n) is 11.3. The Labute approximate surface area is 210 Å². The van der Waals surface area contributed by atoms with Crippen LogP contribution in [0.1, 0.15) is 63.9 Å². The number of aliphatic carboxylic acids is 1. The van der Waals surface area contributed by atoms with Crippen LogP contribution in [0, 0.1) is 0 Å². The van der Waals surface area contributed by atoms with Crippen LogP contribution >= 0.6 is 11.6 Å². The van der Waals surface area contributed by atoms with Gasteiger partial charge in [-0.1, -0.05) is 43.1 Å². The molecule has 0 aromatic heterocycles. The highest BCUT2D eigenvalue weighted by Gasteiger charge is 2.15. The molecule has 1 aliphatic heterocycles. The van der Waals surface area contributed by atoms with Crippen molar-refractivity contribution in [2.75, 3.05) is 19.6 Å². The summed E-state index contributed by atoms with van der Waals surface area (Å²) in [6.45, 7) is 4.99. The molecule has 0 radical (unpaired) electrons. The van der Waals surface area contributed by atoms with Gasteiger partial charge in [-0.2, -0.15) is 0 Å². The van der Waals surface area contributed by atoms with Gasteiger partial charge >= 0.3 is 17.9 Å². The highest BCUT2D eigenvalue weighted by atomic mass is 35.5. The van der Waals surface area contributed by atoms with Crippen LogP contribution in [-0.4, -0.2) is 58.9 Å². The number of nitrogens with one attached hydrogen (secondary N) is 1. The third-order valence-corrected chi connectivity index (χ3v) is 5.57. The van der Waals surface area contributed by atoms with Gasteiger partial charge in [0.15, 0.2) is 0 Å². The van der Waals surface area contributed by atoms with Gasteiger partial charge in [-0.15, -0.1) is 0 Å². The van der Waals surface area contributed by atoms with Gasteiger partial charge in [0.05, 0.1) is 11.1 Å². The summed E-state index contributed by atoms with van der Waals surface area (Å²) in [5.74, 6) is -2.81. The monoisotopic (exact) mass is 507 g/mol. The summed E-state index contributed by atoms with van der Waals surface area (Å²) in [6, 6.07) is 11.0. The molecule has 8 N–H and O–H groups in total. The molecule has 2 aromatic rings. The molecule has 1 aliphatic rings. The smallest absolute Gasteiger partial charge is 0.336 e. The van der Waals surface area contributed by atoms with Gasteiger partial charge in [0.25, 0.3) is 0 Å². The number of carboxylic acids is 3. The first-order chi connectivity index (χ1) is 16.6. The maximum atomic E-state index is 10.5. The first kappa shape index (κ1) is 30.1. The average Bonchev–Trinajstić information content (AvgIpc) is 3.01. The second kappa shape index (κ2) is 15.8. The Morgan fingerprint density at radius 2 is 1.66 bits per heavy atom. The molecular weight excluding hydrogens is 474 g/mol. The van der Waals surface area contributed by atoms with Crippen molar-refractivity contribution in [2.45, 2.75) is 44.6 Å². The van der Waals surface area contributed by atoms with Gasteiger partial charge in [-0.05, 0) is 73.7 Å². The number of benzene rings is 2. The summed E-state index contributed by atoms with van der Waals surface area (Å²) in [5.41, 5.74) is 12.9. The van der Waals surface area contributed by atoms with Crippen LogP contribution < -0.4 is 16.8 Å². The predicted octanol–water partition coefficient (Wildman–Crippen LogP) is 3.20. The molecule has 0 bridgehead atoms. The molecule has 0 saturated heterocycles. The molecule has 35 heavy (non-hydrogen) atoms. The Kier molecular flexibility index (Phi) is 13.6. The fourth-order valence-corrected chi connectivity index (χ4v) is 3.57. The molecule has 1 unspecified atom stereocenters. The molecule has 2 aromatic carbocycles. The lowest BCUT2D eigenvalue weighted by Gasteiger charge is -2.11. The Hall–Kier alpha value is -2.98. The van der Waals surface area contributed by atoms with E-state index in [-0.39, 0.29) is 11.1 Å². The summed E-state index contributed by atoms with van der Waals surface area (Å²) >= 11 is 5.97. The molecule has 0 spiro atoms. The van der Waals surface area contributed by atoms with Crippen LogP contribution in [0.4, 0.5) is 0 Å². The average molecular weight is 508 g/mol. The zero-order valence-electron chi connectivity index (χ0n) is 19.7. The van der Waals surface area contributed by atoms with Crippen LogP contribution in [0.3, 0.4) is 0 Å². The number of nitrogens with two attached hydrogens (primary N) is 2. The lowest BCUT2D eigenvalue weighted by Crippen LogP contribution is -2.29. The zero-order valence-corrected chi connectivity index (χ0v) is 20.5. The second-order valence-corrected chi connectivity index (χ2v) is 8.52. The molecule has 0 saturated carbocycles. The van der Waals surface area contributed by atoms with Gasteiger partial charge in [0, 0.05) is 11.6 Å². The molecule has 0 fully saturated rings. The SMILES string of the molecule is C[C@H]1CNCCc2ccc(Cl)cc21.NCCCCC(N)C(=O)O.O=C(O)c1ccccc1C(=O)O. The molecule has 192 valence electrons. The predicted molar refractivity (Wildman–Crippen MR) is 135 cm³/mol. The van der Waals surface area contributed by atoms with Crippen LogP contribution in [0.5, 0.6) is 0 Å². The second-order valence-electron chi connectivity index (χ2n) is 8.08. The standard InChI is InChI=1S/C11H14ClN.C8H6O4.C6H14N2O2/c1-8-7-13-5-4-9-2-3-10(12)6-11(8)9;9-7(10)5-3-1-2-4-6(5)8(11)12;7-4-2-1-3-5(8)6(9)10/h2-3,6,8,13H,4-5,7H2,1H3;1-4H,(H,9,10)(H,11,12);5H,1-4,7-8H2,(H,9,10)/t8-;;/m0../s1. The van der Waals surface area contributed by atoms with Gasteiger partial charge < -0.3 is 32.1 Å². The largest absolute Gasteiger partial charge is 0.480 e. The van der Waals surface area contributed by atoms with E-state index in [1.54, 1.807) is 0 Å². The Balaban J connectivity index is 0.000000266. The summed E-state index contributed by atoms with van der Waals surface area (Å²) < 4.78 is 0. The topological polar surface area (TPSA) is 176 Å². The normalized spacial score (nSPS) is 15.1. The summed E-state index contributed by atoms with van der Waals surface area (Å²) in [7, 11) is 0. The Morgan fingerprint density at radius 3 is 2.17 bits per heavy atom. The number of carbonyl (C=O) groups is 3. The molecule has 10 heteroatoms. The number of hydrogen-bond donors (Lipinski definition) is 6. The summed E-state index contributed by atoms with van der Waals surface area (Å²) in [4.78, 5) is 31.1. The first-order valence-corrected chi connectivity index (χ1v) is 11.7. The van der Waals surface area contributed by atoms with Crippen LogP contribution in [-0.2, 0) is 11.2 Å². The van der Waals surface area contributed by atoms with Crippen molar-refractivity contribution in [3.05, 3.63) is 69.7 Å². The van der Waals surface area contributed by atoms with Gasteiger partial charge in [-0.25, -0.2) is 9.59 Å². The zero-order chi connectivity index (χ0) is 26.4. The quantitative estimate of drug-likeness (QED) is 0.307. The van der Waals surface area contributed by atoms with E-state index in [1.165, 1.54) is 35.4 Å². The minimum Gasteiger partial charge on any atom is -0.480 e. The molecule has 9 nitrogen and oxygen atoms in total. The number of hydrogen-bond acceptors (Lipinski definition) is 6. The van der Waals surface area contributed by atoms with E-state index >= 15 is 0 Å². The van der Waals surface area contributed by atoms with Crippen molar-refractivity contribution < 1.29 is 29.7 Å². The van der Waals surface area contributed by atoms with Gasteiger partial charge in [-0.3, -0.25) is 4.79 Å². The van der Waals surface area contributed by atoms with E-state index in [9.17, 15) is 14.4 Å². The number of halogens is 1. The maximum absolute atomic E-state index is 10.5. The van der Waals surface area contributed by atoms with Gasteiger partial charge in [0.1, 0.15) is 6.04 Å². The Bertz CT molecular complexity index is 952. The summed E-state index contributed by atoms with van der Waals surface area (Å²) in [6.07, 6.45) is 3.29. The van der Waals surface area contributed by atoms with Crippen LogP contribution in [0.2, 0.25) is 5.02 Å². The van der Waals surface area contributed by atoms with Crippen molar-refractivity contribution in [2.24, 2.45) is 11.5 Å². The van der Waals surface area contributed by atoms with E-state index in [0.29, 0.717) is 18.9 Å². The van der Waals surface area contributed by atoms with Crippen molar-refractivity contribution in [3.63, 3.8) is 0 Å². The number of fused-ring (bicyclic) bond motifs is 1.